The lowest BCUT2D eigenvalue weighted by Gasteiger charge is -2.38. The normalized spacial score (nSPS) is 20.8. The fourth-order valence-electron chi connectivity index (χ4n) is 8.76. The van der Waals surface area contributed by atoms with Gasteiger partial charge in [-0.3, -0.25) is 19.6 Å². The summed E-state index contributed by atoms with van der Waals surface area (Å²) >= 11 is 0. The van der Waals surface area contributed by atoms with Crippen molar-refractivity contribution in [1.29, 1.82) is 0 Å². The van der Waals surface area contributed by atoms with E-state index in [1.165, 1.54) is 0 Å². The third kappa shape index (κ3) is 7.24. The van der Waals surface area contributed by atoms with Gasteiger partial charge >= 0.3 is 0 Å². The van der Waals surface area contributed by atoms with E-state index in [1.54, 1.807) is 6.20 Å². The molecular weight excluding hydrogens is 681 g/mol. The van der Waals surface area contributed by atoms with Gasteiger partial charge in [0.25, 0.3) is 5.91 Å². The summed E-state index contributed by atoms with van der Waals surface area (Å²) in [4.78, 5) is 32.8. The van der Waals surface area contributed by atoms with Crippen molar-refractivity contribution in [2.45, 2.75) is 83.9 Å². The van der Waals surface area contributed by atoms with E-state index in [0.29, 0.717) is 30.8 Å². The first-order chi connectivity index (χ1) is 26.1. The number of aromatic nitrogens is 4. The van der Waals surface area contributed by atoms with Crippen LogP contribution in [-0.4, -0.2) is 88.6 Å². The Hall–Kier alpha value is -4.72. The molecule has 2 aromatic carbocycles. The Morgan fingerprint density at radius 1 is 0.944 bits per heavy atom. The van der Waals surface area contributed by atoms with Gasteiger partial charge in [0.05, 0.1) is 11.8 Å². The number of carbonyl (C=O) groups excluding carboxylic acids is 1. The molecule has 1 saturated heterocycles. The predicted molar refractivity (Wildman–Crippen MR) is 209 cm³/mol. The topological polar surface area (TPSA) is 152 Å². The third-order valence-corrected chi connectivity index (χ3v) is 11.9. The number of nitrogens with zero attached hydrogens (tertiary/aromatic N) is 6. The molecule has 1 amide bonds. The average Bonchev–Trinajstić information content (AvgIpc) is 3.74. The van der Waals surface area contributed by atoms with E-state index in [0.717, 1.165) is 120 Å². The Morgan fingerprint density at radius 3 is 2.41 bits per heavy atom. The maximum Gasteiger partial charge on any atom is 0.291 e. The number of amides is 1. The van der Waals surface area contributed by atoms with Gasteiger partial charge in [0.2, 0.25) is 0 Å². The fraction of sp³-hybridized carbons (Fsp3) is 0.429. The summed E-state index contributed by atoms with van der Waals surface area (Å²) in [5.74, 6) is 0.807. The number of rotatable bonds is 9. The van der Waals surface area contributed by atoms with Crippen molar-refractivity contribution in [2.24, 2.45) is 13.0 Å². The molecule has 5 heterocycles. The summed E-state index contributed by atoms with van der Waals surface area (Å²) in [5.41, 5.74) is 9.69. The van der Waals surface area contributed by atoms with Crippen LogP contribution in [0.4, 0.5) is 17.2 Å². The second-order valence-corrected chi connectivity index (χ2v) is 15.4. The van der Waals surface area contributed by atoms with Crippen molar-refractivity contribution >= 4 is 34.0 Å². The van der Waals surface area contributed by atoms with Gasteiger partial charge in [-0.1, -0.05) is 24.3 Å². The largest absolute Gasteiger partial charge is 0.392 e. The molecule has 5 N–H and O–H groups in total. The summed E-state index contributed by atoms with van der Waals surface area (Å²) in [7, 11) is 1.93. The molecule has 0 unspecified atom stereocenters. The number of hydrogen-bond donors (Lipinski definition) is 5. The minimum atomic E-state index is -1.24. The lowest BCUT2D eigenvalue weighted by atomic mass is 9.84. The number of β-amino-alcohol motifs (C(OH)–C–C–N with tert-alkyl or cyclic N) is 1. The standard InChI is InChI=1S/C42H50N8O4/c1-25-32(6-4-8-34(25)45-39-38-29(14-17-43-39)20-27(21-44-38)22-49-18-15-31(51)23-49)33-7-5-9-35(26(33)2)47-41(52)40-46-36-24-50(19-16-37(36)48(40)3)30-12-10-28(11-13-30)42(53)54/h4-9,14,17,20-21,28,30-31,42,51,53-54H,10-13,15-16,18-19,22-24H2,1-3H3,(H,43,45)(H,47,52)/t28?,30?,31-/m1/s1. The first-order valence-electron chi connectivity index (χ1n) is 19.2. The van der Waals surface area contributed by atoms with E-state index < -0.39 is 6.29 Å². The van der Waals surface area contributed by atoms with Crippen LogP contribution in [0.3, 0.4) is 0 Å². The zero-order valence-corrected chi connectivity index (χ0v) is 31.3. The molecule has 8 rings (SSSR count). The summed E-state index contributed by atoms with van der Waals surface area (Å²) in [5, 5.41) is 36.9. The molecule has 12 nitrogen and oxygen atoms in total. The monoisotopic (exact) mass is 730 g/mol. The maximum absolute atomic E-state index is 13.8. The van der Waals surface area contributed by atoms with E-state index in [1.807, 2.05) is 55.1 Å². The number of hydrogen-bond acceptors (Lipinski definition) is 10. The van der Waals surface area contributed by atoms with Gasteiger partial charge in [0, 0.05) is 93.0 Å². The van der Waals surface area contributed by atoms with Crippen molar-refractivity contribution in [3.63, 3.8) is 0 Å². The van der Waals surface area contributed by atoms with Crippen LogP contribution < -0.4 is 10.6 Å². The predicted octanol–water partition coefficient (Wildman–Crippen LogP) is 5.44. The first kappa shape index (κ1) is 36.3. The van der Waals surface area contributed by atoms with Gasteiger partial charge in [0.1, 0.15) is 5.52 Å². The van der Waals surface area contributed by atoms with Crippen LogP contribution in [0.2, 0.25) is 0 Å². The number of fused-ring (bicyclic) bond motifs is 2. The second kappa shape index (κ2) is 15.2. The molecule has 1 aliphatic carbocycles. The average molecular weight is 731 g/mol. The first-order valence-corrected chi connectivity index (χ1v) is 19.2. The van der Waals surface area contributed by atoms with E-state index in [-0.39, 0.29) is 17.9 Å². The Kier molecular flexibility index (Phi) is 10.2. The number of pyridine rings is 2. The minimum Gasteiger partial charge on any atom is -0.392 e. The highest BCUT2D eigenvalue weighted by Gasteiger charge is 2.33. The molecule has 2 aliphatic heterocycles. The van der Waals surface area contributed by atoms with Crippen LogP contribution in [0.1, 0.15) is 70.8 Å². The van der Waals surface area contributed by atoms with Crippen molar-refractivity contribution in [1.82, 2.24) is 29.3 Å². The fourth-order valence-corrected chi connectivity index (χ4v) is 8.76. The lowest BCUT2D eigenvalue weighted by Crippen LogP contribution is -2.42. The summed E-state index contributed by atoms with van der Waals surface area (Å²) < 4.78 is 1.94. The van der Waals surface area contributed by atoms with Crippen LogP contribution in [-0.2, 0) is 26.6 Å². The molecule has 5 aromatic rings. The van der Waals surface area contributed by atoms with E-state index in [2.05, 4.69) is 50.5 Å². The molecule has 282 valence electrons. The molecule has 0 radical (unpaired) electrons. The van der Waals surface area contributed by atoms with Gasteiger partial charge in [-0.15, -0.1) is 0 Å². The van der Waals surface area contributed by atoms with Gasteiger partial charge in [-0.2, -0.15) is 0 Å². The van der Waals surface area contributed by atoms with Crippen LogP contribution in [0.5, 0.6) is 0 Å². The lowest BCUT2D eigenvalue weighted by molar-refractivity contribution is -0.0978. The van der Waals surface area contributed by atoms with Crippen LogP contribution in [0, 0.1) is 19.8 Å². The van der Waals surface area contributed by atoms with Gasteiger partial charge in [-0.25, -0.2) is 9.97 Å². The number of aliphatic hydroxyl groups is 3. The SMILES string of the molecule is Cc1c(NC(=O)c2nc3c(n2C)CCN(C2CCC(C(O)O)CC2)C3)cccc1-c1cccc(Nc2nccc3cc(CN4CC[C@@H](O)C4)cnc23)c1C. The van der Waals surface area contributed by atoms with E-state index in [4.69, 9.17) is 9.97 Å². The van der Waals surface area contributed by atoms with Gasteiger partial charge in [-0.05, 0) is 98.0 Å². The molecule has 54 heavy (non-hydrogen) atoms. The molecule has 1 atom stereocenters. The highest BCUT2D eigenvalue weighted by molar-refractivity contribution is 6.03. The molecule has 0 bridgehead atoms. The maximum atomic E-state index is 13.8. The summed E-state index contributed by atoms with van der Waals surface area (Å²) in [6.07, 6.45) is 7.36. The Morgan fingerprint density at radius 2 is 1.69 bits per heavy atom. The minimum absolute atomic E-state index is 0.0415. The molecule has 1 saturated carbocycles. The van der Waals surface area contributed by atoms with Crippen molar-refractivity contribution < 1.29 is 20.1 Å². The number of aliphatic hydroxyl groups excluding tert-OH is 2. The summed E-state index contributed by atoms with van der Waals surface area (Å²) in [6, 6.07) is 16.7. The van der Waals surface area contributed by atoms with Crippen molar-refractivity contribution in [2.75, 3.05) is 30.3 Å². The quantitative estimate of drug-likeness (QED) is 0.124. The molecule has 3 aliphatic rings. The van der Waals surface area contributed by atoms with E-state index in [9.17, 15) is 20.1 Å². The molecule has 3 aromatic heterocycles. The Bertz CT molecular complexity index is 2180. The Balaban J connectivity index is 0.976. The van der Waals surface area contributed by atoms with Crippen LogP contribution in [0.25, 0.3) is 22.0 Å². The van der Waals surface area contributed by atoms with Crippen LogP contribution >= 0.6 is 0 Å². The molecular formula is C42H50N8O4. The molecule has 0 spiro atoms. The number of imidazole rings is 1. The number of anilines is 3. The summed E-state index contributed by atoms with van der Waals surface area (Å²) in [6.45, 7) is 8.06. The van der Waals surface area contributed by atoms with Crippen molar-refractivity contribution in [3.05, 3.63) is 94.8 Å². The second-order valence-electron chi connectivity index (χ2n) is 15.4. The number of benzene rings is 2. The van der Waals surface area contributed by atoms with E-state index >= 15 is 0 Å². The zero-order valence-electron chi connectivity index (χ0n) is 31.3. The number of carbonyl (C=O) groups is 1. The Labute approximate surface area is 315 Å². The third-order valence-electron chi connectivity index (χ3n) is 11.9. The highest BCUT2D eigenvalue weighted by atomic mass is 16.5. The zero-order chi connectivity index (χ0) is 37.5. The number of nitrogens with one attached hydrogen (secondary N) is 2. The van der Waals surface area contributed by atoms with Crippen LogP contribution in [0.15, 0.2) is 60.9 Å². The molecule has 2 fully saturated rings. The van der Waals surface area contributed by atoms with Gasteiger partial charge < -0.3 is 30.5 Å². The number of likely N-dealkylation sites (tertiary alicyclic amines) is 1. The molecule has 12 heteroatoms. The highest BCUT2D eigenvalue weighted by Crippen LogP contribution is 2.36. The van der Waals surface area contributed by atoms with Crippen molar-refractivity contribution in [3.8, 4) is 11.1 Å². The smallest absolute Gasteiger partial charge is 0.291 e. The van der Waals surface area contributed by atoms with Gasteiger partial charge in [0.15, 0.2) is 17.9 Å².